The first-order chi connectivity index (χ1) is 10.7. The van der Waals surface area contributed by atoms with E-state index in [9.17, 15) is 4.79 Å². The maximum atomic E-state index is 12.5. The number of carbonyl (C=O) groups is 1. The molecule has 5 rings (SSSR count). The van der Waals surface area contributed by atoms with Crippen LogP contribution in [0.25, 0.3) is 10.8 Å². The van der Waals surface area contributed by atoms with Crippen LogP contribution in [0.4, 0.5) is 0 Å². The van der Waals surface area contributed by atoms with Crippen LogP contribution in [0.5, 0.6) is 0 Å². The van der Waals surface area contributed by atoms with E-state index >= 15 is 0 Å². The highest BCUT2D eigenvalue weighted by Gasteiger charge is 2.40. The molecule has 0 aromatic carbocycles. The number of hydrogen-bond donors (Lipinski definition) is 1. The molecule has 1 N–H and O–H groups in total. The first kappa shape index (κ1) is 13.9. The van der Waals surface area contributed by atoms with Crippen LogP contribution >= 0.6 is 11.3 Å². The third kappa shape index (κ3) is 2.34. The summed E-state index contributed by atoms with van der Waals surface area (Å²) in [7, 11) is 0. The predicted octanol–water partition coefficient (Wildman–Crippen LogP) is 2.01. The minimum absolute atomic E-state index is 0.00126. The number of nitrogens with zero attached hydrogens (tertiary/aromatic N) is 3. The summed E-state index contributed by atoms with van der Waals surface area (Å²) in [4.78, 5) is 16.5. The van der Waals surface area contributed by atoms with Gasteiger partial charge in [0, 0.05) is 12.1 Å². The van der Waals surface area contributed by atoms with E-state index < -0.39 is 0 Å². The third-order valence-corrected chi connectivity index (χ3v) is 5.95. The number of nitrogens with one attached hydrogen (secondary N) is 1. The Labute approximate surface area is 132 Å². The van der Waals surface area contributed by atoms with Gasteiger partial charge in [-0.25, -0.2) is 0 Å². The average Bonchev–Trinajstić information content (AvgIpc) is 3.21. The summed E-state index contributed by atoms with van der Waals surface area (Å²) in [6.07, 6.45) is 3.67. The zero-order valence-electron chi connectivity index (χ0n) is 12.4. The minimum atomic E-state index is 0.00126. The normalized spacial score (nSPS) is 30.4. The largest absolute Gasteiger partial charge is 0.423 e. The monoisotopic (exact) mass is 318 g/mol. The molecule has 2 bridgehead atoms. The molecule has 0 radical (unpaired) electrons. The lowest BCUT2D eigenvalue weighted by Crippen LogP contribution is -2.62. The molecule has 22 heavy (non-hydrogen) atoms. The highest BCUT2D eigenvalue weighted by Crippen LogP contribution is 2.33. The summed E-state index contributed by atoms with van der Waals surface area (Å²) >= 11 is 1.39. The van der Waals surface area contributed by atoms with Gasteiger partial charge >= 0.3 is 0 Å². The Morgan fingerprint density at radius 2 is 2.23 bits per heavy atom. The van der Waals surface area contributed by atoms with Gasteiger partial charge in [0.2, 0.25) is 6.39 Å². The first-order valence-corrected chi connectivity index (χ1v) is 8.45. The highest BCUT2D eigenvalue weighted by atomic mass is 32.1. The van der Waals surface area contributed by atoms with Crippen LogP contribution in [0, 0.1) is 5.92 Å². The van der Waals surface area contributed by atoms with Crippen molar-refractivity contribution in [2.24, 2.45) is 5.92 Å². The topological polar surface area (TPSA) is 71.3 Å². The first-order valence-electron chi connectivity index (χ1n) is 7.63. The lowest BCUT2D eigenvalue weighted by molar-refractivity contribution is 0.0218. The standard InChI is InChI=1S/C15H18N4O2S/c1-9-13(10-4-6-19(9)7-5-10)17-14(20)11-2-3-12(22-11)15-18-16-8-21-15/h2-3,8-10,13H,4-7H2,1H3,(H,17,20)/t9-,13-/m0/s1. The predicted molar refractivity (Wildman–Crippen MR) is 82.6 cm³/mol. The van der Waals surface area contributed by atoms with Gasteiger partial charge in [0.1, 0.15) is 0 Å². The second-order valence-electron chi connectivity index (χ2n) is 6.02. The van der Waals surface area contributed by atoms with E-state index in [4.69, 9.17) is 4.42 Å². The summed E-state index contributed by atoms with van der Waals surface area (Å²) in [6, 6.07) is 4.36. The van der Waals surface area contributed by atoms with E-state index in [1.54, 1.807) is 0 Å². The number of thiophene rings is 1. The lowest BCUT2D eigenvalue weighted by atomic mass is 9.79. The summed E-state index contributed by atoms with van der Waals surface area (Å²) in [6.45, 7) is 4.55. The molecule has 6 nitrogen and oxygen atoms in total. The van der Waals surface area contributed by atoms with Crippen molar-refractivity contribution in [1.82, 2.24) is 20.4 Å². The fourth-order valence-electron chi connectivity index (χ4n) is 3.62. The molecule has 3 aliphatic rings. The Bertz CT molecular complexity index is 659. The number of rotatable bonds is 3. The van der Waals surface area contributed by atoms with Gasteiger partial charge in [-0.3, -0.25) is 9.69 Å². The summed E-state index contributed by atoms with van der Waals surface area (Å²) in [5.41, 5.74) is 0. The Balaban J connectivity index is 1.48. The van der Waals surface area contributed by atoms with Gasteiger partial charge < -0.3 is 9.73 Å². The zero-order valence-corrected chi connectivity index (χ0v) is 13.2. The number of amides is 1. The number of hydrogen-bond acceptors (Lipinski definition) is 6. The Kier molecular flexibility index (Phi) is 3.46. The van der Waals surface area contributed by atoms with Crippen molar-refractivity contribution >= 4 is 17.2 Å². The van der Waals surface area contributed by atoms with E-state index in [-0.39, 0.29) is 11.9 Å². The van der Waals surface area contributed by atoms with Crippen LogP contribution in [0.15, 0.2) is 22.9 Å². The number of aromatic nitrogens is 2. The molecule has 5 heterocycles. The molecule has 1 amide bonds. The van der Waals surface area contributed by atoms with Crippen LogP contribution in [-0.4, -0.2) is 46.2 Å². The van der Waals surface area contributed by atoms with Crippen molar-refractivity contribution in [1.29, 1.82) is 0 Å². The van der Waals surface area contributed by atoms with Crippen molar-refractivity contribution < 1.29 is 9.21 Å². The maximum absolute atomic E-state index is 12.5. The SMILES string of the molecule is C[C@H]1[C@H](NC(=O)c2ccc(-c3nnco3)s2)C2CCN1CC2. The van der Waals surface area contributed by atoms with E-state index in [1.165, 1.54) is 43.7 Å². The van der Waals surface area contributed by atoms with Crippen molar-refractivity contribution in [3.8, 4) is 10.8 Å². The van der Waals surface area contributed by atoms with Crippen LogP contribution < -0.4 is 5.32 Å². The van der Waals surface area contributed by atoms with Crippen molar-refractivity contribution in [3.63, 3.8) is 0 Å². The molecule has 0 aliphatic carbocycles. The summed E-state index contributed by atoms with van der Waals surface area (Å²) in [5.74, 6) is 1.07. The molecule has 7 heteroatoms. The zero-order chi connectivity index (χ0) is 15.1. The van der Waals surface area contributed by atoms with Crippen LogP contribution in [-0.2, 0) is 0 Å². The second kappa shape index (κ2) is 5.48. The van der Waals surface area contributed by atoms with Gasteiger partial charge in [-0.1, -0.05) is 0 Å². The van der Waals surface area contributed by atoms with Crippen molar-refractivity contribution in [2.75, 3.05) is 13.1 Å². The Hall–Kier alpha value is -1.73. The third-order valence-electron chi connectivity index (χ3n) is 4.88. The highest BCUT2D eigenvalue weighted by molar-refractivity contribution is 7.17. The van der Waals surface area contributed by atoms with E-state index in [1.807, 2.05) is 12.1 Å². The quantitative estimate of drug-likeness (QED) is 0.937. The van der Waals surface area contributed by atoms with Crippen molar-refractivity contribution in [3.05, 3.63) is 23.4 Å². The average molecular weight is 318 g/mol. The fourth-order valence-corrected chi connectivity index (χ4v) is 4.46. The minimum Gasteiger partial charge on any atom is -0.423 e. The molecule has 2 aromatic rings. The van der Waals surface area contributed by atoms with E-state index in [2.05, 4.69) is 27.3 Å². The molecule has 2 aromatic heterocycles. The van der Waals surface area contributed by atoms with Crippen LogP contribution in [0.3, 0.4) is 0 Å². The van der Waals surface area contributed by atoms with Gasteiger partial charge in [-0.15, -0.1) is 21.5 Å². The summed E-state index contributed by atoms with van der Waals surface area (Å²) in [5, 5.41) is 10.8. The number of piperidine rings is 3. The molecular formula is C15H18N4O2S. The Morgan fingerprint density at radius 3 is 2.91 bits per heavy atom. The lowest BCUT2D eigenvalue weighted by Gasteiger charge is -2.49. The Morgan fingerprint density at radius 1 is 1.41 bits per heavy atom. The molecule has 3 aliphatic heterocycles. The maximum Gasteiger partial charge on any atom is 0.261 e. The molecule has 116 valence electrons. The molecule has 0 saturated carbocycles. The van der Waals surface area contributed by atoms with Crippen molar-refractivity contribution in [2.45, 2.75) is 31.8 Å². The molecule has 3 fully saturated rings. The van der Waals surface area contributed by atoms with E-state index in [0.717, 1.165) is 4.88 Å². The second-order valence-corrected chi connectivity index (χ2v) is 7.10. The van der Waals surface area contributed by atoms with Gasteiger partial charge in [-0.2, -0.15) is 0 Å². The molecule has 0 unspecified atom stereocenters. The van der Waals surface area contributed by atoms with Gasteiger partial charge in [0.25, 0.3) is 11.8 Å². The summed E-state index contributed by atoms with van der Waals surface area (Å²) < 4.78 is 5.17. The van der Waals surface area contributed by atoms with Gasteiger partial charge in [0.15, 0.2) is 0 Å². The van der Waals surface area contributed by atoms with Gasteiger partial charge in [-0.05, 0) is 50.9 Å². The number of fused-ring (bicyclic) bond motifs is 3. The van der Waals surface area contributed by atoms with Crippen LogP contribution in [0.2, 0.25) is 0 Å². The van der Waals surface area contributed by atoms with Crippen LogP contribution in [0.1, 0.15) is 29.4 Å². The molecule has 2 atom stereocenters. The van der Waals surface area contributed by atoms with Gasteiger partial charge in [0.05, 0.1) is 9.75 Å². The smallest absolute Gasteiger partial charge is 0.261 e. The molecule has 0 spiro atoms. The molecule has 3 saturated heterocycles. The number of carbonyl (C=O) groups excluding carboxylic acids is 1. The fraction of sp³-hybridized carbons (Fsp3) is 0.533. The van der Waals surface area contributed by atoms with E-state index in [0.29, 0.717) is 22.7 Å². The molecular weight excluding hydrogens is 300 g/mol.